The Morgan fingerprint density at radius 1 is 1.14 bits per heavy atom. The molecule has 5 heteroatoms. The van der Waals surface area contributed by atoms with Crippen LogP contribution in [-0.2, 0) is 13.0 Å². The summed E-state index contributed by atoms with van der Waals surface area (Å²) in [5.41, 5.74) is 3.80. The first-order valence-corrected chi connectivity index (χ1v) is 8.36. The lowest BCUT2D eigenvalue weighted by atomic mass is 10.1. The molecule has 0 bridgehead atoms. The van der Waals surface area contributed by atoms with E-state index in [9.17, 15) is 0 Å². The molecule has 2 aromatic carbocycles. The van der Waals surface area contributed by atoms with E-state index < -0.39 is 0 Å². The fraction of sp³-hybridized carbons (Fsp3) is 0.235. The lowest BCUT2D eigenvalue weighted by Crippen LogP contribution is -2.36. The predicted molar refractivity (Wildman–Crippen MR) is 96.5 cm³/mol. The summed E-state index contributed by atoms with van der Waals surface area (Å²) in [7, 11) is 0. The Labute approximate surface area is 145 Å². The Morgan fingerprint density at radius 2 is 1.95 bits per heavy atom. The van der Waals surface area contributed by atoms with Gasteiger partial charge in [-0.3, -0.25) is 0 Å². The summed E-state index contributed by atoms with van der Waals surface area (Å²) in [6, 6.07) is 14.4. The van der Waals surface area contributed by atoms with Crippen LogP contribution in [0.1, 0.15) is 29.2 Å². The normalized spacial score (nSPS) is 16.2. The Morgan fingerprint density at radius 3 is 2.77 bits per heavy atom. The van der Waals surface area contributed by atoms with E-state index in [0.717, 1.165) is 18.4 Å². The summed E-state index contributed by atoms with van der Waals surface area (Å²) in [6.07, 6.45) is 2.18. The SMILES string of the molecule is S=C(NCc1ccc(Cl)c(Cl)c1)NC1CCc2ccccc21. The molecular weight excluding hydrogens is 335 g/mol. The van der Waals surface area contributed by atoms with Crippen LogP contribution in [0.25, 0.3) is 0 Å². The van der Waals surface area contributed by atoms with E-state index in [1.165, 1.54) is 11.1 Å². The molecule has 114 valence electrons. The molecule has 0 aliphatic heterocycles. The molecule has 0 spiro atoms. The number of aryl methyl sites for hydroxylation is 1. The van der Waals surface area contributed by atoms with Crippen molar-refractivity contribution in [3.8, 4) is 0 Å². The molecule has 1 aliphatic carbocycles. The number of nitrogens with one attached hydrogen (secondary N) is 2. The fourth-order valence-electron chi connectivity index (χ4n) is 2.75. The zero-order valence-corrected chi connectivity index (χ0v) is 14.2. The Kier molecular flexibility index (Phi) is 4.87. The van der Waals surface area contributed by atoms with Crippen LogP contribution in [0.3, 0.4) is 0 Å². The van der Waals surface area contributed by atoms with E-state index in [1.54, 1.807) is 6.07 Å². The maximum absolute atomic E-state index is 6.01. The smallest absolute Gasteiger partial charge is 0.167 e. The fourth-order valence-corrected chi connectivity index (χ4v) is 3.28. The van der Waals surface area contributed by atoms with Crippen molar-refractivity contribution in [1.29, 1.82) is 0 Å². The molecule has 1 unspecified atom stereocenters. The highest BCUT2D eigenvalue weighted by molar-refractivity contribution is 7.80. The first-order valence-electron chi connectivity index (χ1n) is 7.19. The van der Waals surface area contributed by atoms with Gasteiger partial charge in [0.15, 0.2) is 5.11 Å². The minimum Gasteiger partial charge on any atom is -0.359 e. The van der Waals surface area contributed by atoms with Crippen molar-refractivity contribution in [2.24, 2.45) is 0 Å². The zero-order valence-electron chi connectivity index (χ0n) is 11.9. The van der Waals surface area contributed by atoms with Crippen LogP contribution in [0, 0.1) is 0 Å². The van der Waals surface area contributed by atoms with Gasteiger partial charge in [0.25, 0.3) is 0 Å². The van der Waals surface area contributed by atoms with Gasteiger partial charge in [-0.15, -0.1) is 0 Å². The van der Waals surface area contributed by atoms with Gasteiger partial charge >= 0.3 is 0 Å². The number of thiocarbonyl (C=S) groups is 1. The zero-order chi connectivity index (χ0) is 15.5. The number of hydrogen-bond donors (Lipinski definition) is 2. The molecule has 0 fully saturated rings. The van der Waals surface area contributed by atoms with Gasteiger partial charge < -0.3 is 10.6 Å². The predicted octanol–water partition coefficient (Wildman–Crippen LogP) is 4.65. The standard InChI is InChI=1S/C17H16Cl2N2S/c18-14-7-5-11(9-15(14)19)10-20-17(22)21-16-8-6-12-3-1-2-4-13(12)16/h1-5,7,9,16H,6,8,10H2,(H2,20,21,22). The highest BCUT2D eigenvalue weighted by Gasteiger charge is 2.22. The summed E-state index contributed by atoms with van der Waals surface area (Å²) in [5, 5.41) is 8.40. The van der Waals surface area contributed by atoms with Crippen molar-refractivity contribution in [2.45, 2.75) is 25.4 Å². The van der Waals surface area contributed by atoms with Crippen LogP contribution in [0.15, 0.2) is 42.5 Å². The summed E-state index contributed by atoms with van der Waals surface area (Å²) in [5.74, 6) is 0. The molecule has 0 saturated heterocycles. The van der Waals surface area contributed by atoms with Gasteiger partial charge in [0.05, 0.1) is 16.1 Å². The van der Waals surface area contributed by atoms with Crippen LogP contribution >= 0.6 is 35.4 Å². The second kappa shape index (κ2) is 6.86. The molecule has 2 nitrogen and oxygen atoms in total. The third-order valence-corrected chi connectivity index (χ3v) is 4.88. The summed E-state index contributed by atoms with van der Waals surface area (Å²) in [6.45, 7) is 0.622. The quantitative estimate of drug-likeness (QED) is 0.788. The van der Waals surface area contributed by atoms with Gasteiger partial charge in [-0.1, -0.05) is 53.5 Å². The molecule has 3 rings (SSSR count). The van der Waals surface area contributed by atoms with Gasteiger partial charge in [-0.05, 0) is 53.9 Å². The van der Waals surface area contributed by atoms with Crippen LogP contribution < -0.4 is 10.6 Å². The molecule has 0 heterocycles. The second-order valence-electron chi connectivity index (χ2n) is 5.37. The third-order valence-electron chi connectivity index (χ3n) is 3.88. The Hall–Kier alpha value is -1.29. The molecule has 2 N–H and O–H groups in total. The number of benzene rings is 2. The molecule has 1 aliphatic rings. The van der Waals surface area contributed by atoms with Crippen molar-refractivity contribution in [1.82, 2.24) is 10.6 Å². The average Bonchev–Trinajstić information content (AvgIpc) is 2.92. The van der Waals surface area contributed by atoms with Gasteiger partial charge in [0, 0.05) is 6.54 Å². The van der Waals surface area contributed by atoms with E-state index in [0.29, 0.717) is 27.7 Å². The van der Waals surface area contributed by atoms with Gasteiger partial charge in [0.1, 0.15) is 0 Å². The topological polar surface area (TPSA) is 24.1 Å². The van der Waals surface area contributed by atoms with Crippen molar-refractivity contribution >= 4 is 40.5 Å². The van der Waals surface area contributed by atoms with Crippen LogP contribution in [0.2, 0.25) is 10.0 Å². The highest BCUT2D eigenvalue weighted by Crippen LogP contribution is 2.30. The van der Waals surface area contributed by atoms with Crippen LogP contribution in [0.4, 0.5) is 0 Å². The van der Waals surface area contributed by atoms with E-state index in [2.05, 4.69) is 34.9 Å². The number of hydrogen-bond acceptors (Lipinski definition) is 1. The molecular formula is C17H16Cl2N2S. The number of halogens is 2. The van der Waals surface area contributed by atoms with E-state index in [-0.39, 0.29) is 0 Å². The first-order chi connectivity index (χ1) is 10.6. The monoisotopic (exact) mass is 350 g/mol. The summed E-state index contributed by atoms with van der Waals surface area (Å²) >= 11 is 17.3. The van der Waals surface area contributed by atoms with E-state index in [1.807, 2.05) is 12.1 Å². The maximum atomic E-state index is 6.01. The minimum absolute atomic E-state index is 0.296. The van der Waals surface area contributed by atoms with Crippen molar-refractivity contribution < 1.29 is 0 Å². The molecule has 22 heavy (non-hydrogen) atoms. The molecule has 0 aromatic heterocycles. The molecule has 0 saturated carbocycles. The molecule has 1 atom stereocenters. The van der Waals surface area contributed by atoms with Crippen molar-refractivity contribution in [3.05, 3.63) is 69.2 Å². The minimum atomic E-state index is 0.296. The largest absolute Gasteiger partial charge is 0.359 e. The summed E-state index contributed by atoms with van der Waals surface area (Å²) in [4.78, 5) is 0. The lowest BCUT2D eigenvalue weighted by Gasteiger charge is -2.17. The Balaban J connectivity index is 1.56. The van der Waals surface area contributed by atoms with Gasteiger partial charge in [-0.25, -0.2) is 0 Å². The first kappa shape index (κ1) is 15.6. The third kappa shape index (κ3) is 3.54. The van der Waals surface area contributed by atoms with Gasteiger partial charge in [-0.2, -0.15) is 0 Å². The Bertz CT molecular complexity index is 703. The van der Waals surface area contributed by atoms with Gasteiger partial charge in [0.2, 0.25) is 0 Å². The highest BCUT2D eigenvalue weighted by atomic mass is 35.5. The maximum Gasteiger partial charge on any atom is 0.167 e. The van der Waals surface area contributed by atoms with Crippen molar-refractivity contribution in [2.75, 3.05) is 0 Å². The molecule has 2 aromatic rings. The number of fused-ring (bicyclic) bond motifs is 1. The lowest BCUT2D eigenvalue weighted by molar-refractivity contribution is 0.630. The molecule has 0 amide bonds. The van der Waals surface area contributed by atoms with Crippen molar-refractivity contribution in [3.63, 3.8) is 0 Å². The average molecular weight is 351 g/mol. The second-order valence-corrected chi connectivity index (χ2v) is 6.59. The van der Waals surface area contributed by atoms with E-state index in [4.69, 9.17) is 35.4 Å². The van der Waals surface area contributed by atoms with E-state index >= 15 is 0 Å². The molecule has 0 radical (unpaired) electrons. The van der Waals surface area contributed by atoms with Crippen LogP contribution in [-0.4, -0.2) is 5.11 Å². The number of rotatable bonds is 3. The summed E-state index contributed by atoms with van der Waals surface area (Å²) < 4.78 is 0. The van der Waals surface area contributed by atoms with Crippen LogP contribution in [0.5, 0.6) is 0 Å².